The molecule has 2 bridgehead atoms. The molecule has 0 heterocycles. The van der Waals surface area contributed by atoms with Gasteiger partial charge in [0.15, 0.2) is 0 Å². The van der Waals surface area contributed by atoms with E-state index in [4.69, 9.17) is 9.47 Å². The summed E-state index contributed by atoms with van der Waals surface area (Å²) in [6.45, 7) is 8.68. The molecule has 2 aliphatic carbocycles. The zero-order valence-electron chi connectivity index (χ0n) is 15.0. The second-order valence-electron chi connectivity index (χ2n) is 6.19. The van der Waals surface area contributed by atoms with Crippen molar-refractivity contribution in [2.45, 2.75) is 39.2 Å². The average Bonchev–Trinajstić information content (AvgIpc) is 2.63. The molecule has 128 valence electrons. The summed E-state index contributed by atoms with van der Waals surface area (Å²) in [6, 6.07) is 16.8. The van der Waals surface area contributed by atoms with Crippen LogP contribution in [0.15, 0.2) is 60.7 Å². The van der Waals surface area contributed by atoms with Gasteiger partial charge in [-0.1, -0.05) is 42.0 Å². The van der Waals surface area contributed by atoms with Gasteiger partial charge in [0, 0.05) is 6.61 Å². The van der Waals surface area contributed by atoms with E-state index in [9.17, 15) is 0 Å². The Balaban J connectivity index is 0.000000214. The number of rotatable bonds is 6. The molecule has 2 aromatic rings. The molecule has 0 aliphatic heterocycles. The van der Waals surface area contributed by atoms with Gasteiger partial charge in [0.05, 0.1) is 13.2 Å². The van der Waals surface area contributed by atoms with Gasteiger partial charge >= 0.3 is 0 Å². The average molecular weight is 324 g/mol. The van der Waals surface area contributed by atoms with Crippen molar-refractivity contribution in [2.75, 3.05) is 13.7 Å². The van der Waals surface area contributed by atoms with Crippen LogP contribution in [-0.4, -0.2) is 13.7 Å². The molecule has 2 aliphatic rings. The van der Waals surface area contributed by atoms with Crippen LogP contribution in [0.25, 0.3) is 0 Å². The predicted molar refractivity (Wildman–Crippen MR) is 101 cm³/mol. The fourth-order valence-corrected chi connectivity index (χ4v) is 2.77. The fourth-order valence-electron chi connectivity index (χ4n) is 2.77. The molecule has 2 heteroatoms. The molecule has 24 heavy (non-hydrogen) atoms. The van der Waals surface area contributed by atoms with Gasteiger partial charge in [-0.25, -0.2) is 0 Å². The van der Waals surface area contributed by atoms with Crippen molar-refractivity contribution in [2.24, 2.45) is 0 Å². The van der Waals surface area contributed by atoms with Crippen molar-refractivity contribution in [3.8, 4) is 5.75 Å². The second kappa shape index (κ2) is 9.29. The third kappa shape index (κ3) is 5.54. The number of methoxy groups -OCH3 is 1. The second-order valence-corrected chi connectivity index (χ2v) is 6.19. The number of benzene rings is 2. The standard InChI is InChI=1S/C14H20O2.C8H8/c1-5-16-14(10-11(2)3)12-6-8-13(15-4)9-7-12;1-2-8-5-3-7(1)4-6-8/h6-9,14H,2,5,10H2,1,3-4H3;1-3,5H,4,6H2. The quantitative estimate of drug-likeness (QED) is 0.651. The summed E-state index contributed by atoms with van der Waals surface area (Å²) in [5.41, 5.74) is 5.28. The van der Waals surface area contributed by atoms with Crippen LogP contribution < -0.4 is 4.74 Å². The van der Waals surface area contributed by atoms with E-state index in [0.717, 1.165) is 17.7 Å². The van der Waals surface area contributed by atoms with E-state index in [-0.39, 0.29) is 6.10 Å². The number of hydrogen-bond donors (Lipinski definition) is 0. The van der Waals surface area contributed by atoms with Crippen molar-refractivity contribution in [1.82, 2.24) is 0 Å². The van der Waals surface area contributed by atoms with E-state index < -0.39 is 0 Å². The Morgan fingerprint density at radius 3 is 1.88 bits per heavy atom. The minimum absolute atomic E-state index is 0.105. The SMILES string of the molecule is C=C(C)CC(OCC)c1ccc(OC)cc1.c1cc2ccc1CC2. The lowest BCUT2D eigenvalue weighted by Gasteiger charge is -2.17. The van der Waals surface area contributed by atoms with Crippen LogP contribution in [0.1, 0.15) is 43.1 Å². The first-order chi connectivity index (χ1) is 11.6. The maximum Gasteiger partial charge on any atom is 0.118 e. The molecular weight excluding hydrogens is 296 g/mol. The monoisotopic (exact) mass is 324 g/mol. The third-order valence-electron chi connectivity index (χ3n) is 4.11. The van der Waals surface area contributed by atoms with Crippen LogP contribution in [0, 0.1) is 0 Å². The van der Waals surface area contributed by atoms with E-state index in [1.807, 2.05) is 38.1 Å². The molecule has 0 amide bonds. The van der Waals surface area contributed by atoms with E-state index in [0.29, 0.717) is 6.61 Å². The Bertz CT molecular complexity index is 603. The maximum absolute atomic E-state index is 5.71. The molecule has 0 spiro atoms. The van der Waals surface area contributed by atoms with Gasteiger partial charge < -0.3 is 9.47 Å². The van der Waals surface area contributed by atoms with Crippen LogP contribution in [0.4, 0.5) is 0 Å². The summed E-state index contributed by atoms with van der Waals surface area (Å²) >= 11 is 0. The lowest BCUT2D eigenvalue weighted by molar-refractivity contribution is 0.0629. The summed E-state index contributed by atoms with van der Waals surface area (Å²) < 4.78 is 10.8. The lowest BCUT2D eigenvalue weighted by Crippen LogP contribution is -2.04. The minimum Gasteiger partial charge on any atom is -0.497 e. The summed E-state index contributed by atoms with van der Waals surface area (Å²) in [6.07, 6.45) is 3.50. The maximum atomic E-state index is 5.71. The highest BCUT2D eigenvalue weighted by Gasteiger charge is 2.11. The molecule has 0 fully saturated rings. The third-order valence-corrected chi connectivity index (χ3v) is 4.11. The largest absolute Gasteiger partial charge is 0.497 e. The molecule has 2 nitrogen and oxygen atoms in total. The van der Waals surface area contributed by atoms with E-state index in [1.165, 1.54) is 29.5 Å². The molecule has 1 unspecified atom stereocenters. The first-order valence-corrected chi connectivity index (χ1v) is 8.60. The molecule has 0 N–H and O–H groups in total. The molecule has 1 atom stereocenters. The normalized spacial score (nSPS) is 13.0. The van der Waals surface area contributed by atoms with E-state index in [2.05, 4.69) is 30.8 Å². The Morgan fingerprint density at radius 2 is 1.54 bits per heavy atom. The van der Waals surface area contributed by atoms with Gasteiger partial charge in [-0.15, -0.1) is 6.58 Å². The van der Waals surface area contributed by atoms with Gasteiger partial charge in [0.1, 0.15) is 5.75 Å². The highest BCUT2D eigenvalue weighted by molar-refractivity contribution is 5.29. The summed E-state index contributed by atoms with van der Waals surface area (Å²) in [4.78, 5) is 0. The van der Waals surface area contributed by atoms with Gasteiger partial charge in [-0.3, -0.25) is 0 Å². The number of fused-ring (bicyclic) bond motifs is 3. The Kier molecular flexibility index (Phi) is 7.07. The van der Waals surface area contributed by atoms with Crippen molar-refractivity contribution in [3.63, 3.8) is 0 Å². The number of aryl methyl sites for hydroxylation is 2. The van der Waals surface area contributed by atoms with Crippen LogP contribution in [0.2, 0.25) is 0 Å². The van der Waals surface area contributed by atoms with Gasteiger partial charge in [-0.05, 0) is 61.9 Å². The van der Waals surface area contributed by atoms with Crippen molar-refractivity contribution >= 4 is 0 Å². The zero-order valence-corrected chi connectivity index (χ0v) is 15.0. The van der Waals surface area contributed by atoms with Gasteiger partial charge in [-0.2, -0.15) is 0 Å². The molecule has 0 saturated heterocycles. The summed E-state index contributed by atoms with van der Waals surface area (Å²) in [5.74, 6) is 0.870. The topological polar surface area (TPSA) is 18.5 Å². The van der Waals surface area contributed by atoms with Crippen LogP contribution in [0.5, 0.6) is 5.75 Å². The highest BCUT2D eigenvalue weighted by atomic mass is 16.5. The fraction of sp³-hybridized carbons (Fsp3) is 0.364. The molecule has 0 radical (unpaired) electrons. The zero-order chi connectivity index (χ0) is 17.4. The van der Waals surface area contributed by atoms with Crippen molar-refractivity contribution in [1.29, 1.82) is 0 Å². The Labute approximate surface area is 146 Å². The van der Waals surface area contributed by atoms with Crippen molar-refractivity contribution in [3.05, 3.63) is 77.4 Å². The van der Waals surface area contributed by atoms with Crippen LogP contribution in [0.3, 0.4) is 0 Å². The van der Waals surface area contributed by atoms with E-state index >= 15 is 0 Å². The van der Waals surface area contributed by atoms with Gasteiger partial charge in [0.2, 0.25) is 0 Å². The molecule has 2 aromatic carbocycles. The Hall–Kier alpha value is -2.06. The first-order valence-electron chi connectivity index (χ1n) is 8.60. The molecular formula is C22H28O2. The summed E-state index contributed by atoms with van der Waals surface area (Å²) in [7, 11) is 1.67. The van der Waals surface area contributed by atoms with E-state index in [1.54, 1.807) is 7.11 Å². The summed E-state index contributed by atoms with van der Waals surface area (Å²) in [5, 5.41) is 0. The Morgan fingerprint density at radius 1 is 1.00 bits per heavy atom. The predicted octanol–water partition coefficient (Wildman–Crippen LogP) is 5.52. The molecule has 0 saturated carbocycles. The molecule has 0 aromatic heterocycles. The minimum atomic E-state index is 0.105. The smallest absolute Gasteiger partial charge is 0.118 e. The highest BCUT2D eigenvalue weighted by Crippen LogP contribution is 2.26. The van der Waals surface area contributed by atoms with Gasteiger partial charge in [0.25, 0.3) is 0 Å². The van der Waals surface area contributed by atoms with Crippen molar-refractivity contribution < 1.29 is 9.47 Å². The lowest BCUT2D eigenvalue weighted by atomic mass is 9.97. The number of ether oxygens (including phenoxy) is 2. The molecule has 4 rings (SSSR count). The van der Waals surface area contributed by atoms with Crippen LogP contribution >= 0.6 is 0 Å². The number of hydrogen-bond acceptors (Lipinski definition) is 2. The van der Waals surface area contributed by atoms with Crippen LogP contribution in [-0.2, 0) is 17.6 Å². The first kappa shape index (κ1) is 18.3.